The Morgan fingerprint density at radius 1 is 1.19 bits per heavy atom. The van der Waals surface area contributed by atoms with Gasteiger partial charge in [-0.15, -0.1) is 0 Å². The van der Waals surface area contributed by atoms with Crippen molar-refractivity contribution >= 4 is 14.3 Å². The lowest BCUT2D eigenvalue weighted by Crippen LogP contribution is -2.57. The second kappa shape index (κ2) is 6.80. The van der Waals surface area contributed by atoms with E-state index in [1.807, 2.05) is 11.9 Å². The number of nitrogens with zero attached hydrogens (tertiary/aromatic N) is 1. The predicted molar refractivity (Wildman–Crippen MR) is 89.2 cm³/mol. The molecule has 21 heavy (non-hydrogen) atoms. The first-order valence-electron chi connectivity index (χ1n) is 8.19. The van der Waals surface area contributed by atoms with Crippen LogP contribution in [0.1, 0.15) is 54.4 Å². The van der Waals surface area contributed by atoms with E-state index in [0.29, 0.717) is 29.7 Å². The average molecular weight is 316 g/mol. The van der Waals surface area contributed by atoms with Crippen molar-refractivity contribution in [3.63, 3.8) is 0 Å². The Kier molecular flexibility index (Phi) is 6.04. The average Bonchev–Trinajstić information content (AvgIpc) is 2.71. The first-order valence-corrected chi connectivity index (χ1v) is 10.3. The van der Waals surface area contributed by atoms with Crippen LogP contribution in [0.15, 0.2) is 0 Å². The molecule has 0 aromatic carbocycles. The van der Waals surface area contributed by atoms with Crippen molar-refractivity contribution in [2.45, 2.75) is 76.5 Å². The lowest BCUT2D eigenvalue weighted by Gasteiger charge is -2.45. The van der Waals surface area contributed by atoms with Gasteiger partial charge in [0.2, 0.25) is 0 Å². The fourth-order valence-corrected chi connectivity index (χ4v) is 9.76. The third-order valence-electron chi connectivity index (χ3n) is 5.48. The van der Waals surface area contributed by atoms with Crippen LogP contribution < -0.4 is 0 Å². The van der Waals surface area contributed by atoms with E-state index in [-0.39, 0.29) is 0 Å². The number of carboxylic acids is 1. The van der Waals surface area contributed by atoms with E-state index in [0.717, 1.165) is 13.0 Å². The molecular weight excluding hydrogens is 282 g/mol. The van der Waals surface area contributed by atoms with E-state index in [2.05, 4.69) is 41.5 Å². The van der Waals surface area contributed by atoms with Crippen molar-refractivity contribution in [3.05, 3.63) is 0 Å². The first kappa shape index (κ1) is 18.7. The van der Waals surface area contributed by atoms with Crippen molar-refractivity contribution in [1.82, 2.24) is 4.90 Å². The Morgan fingerprint density at radius 3 is 1.95 bits per heavy atom. The van der Waals surface area contributed by atoms with Crippen molar-refractivity contribution < 1.29 is 14.3 Å². The van der Waals surface area contributed by atoms with Crippen molar-refractivity contribution in [2.75, 3.05) is 20.2 Å². The molecule has 1 unspecified atom stereocenters. The number of hydrogen-bond acceptors (Lipinski definition) is 3. The van der Waals surface area contributed by atoms with Gasteiger partial charge in [0.05, 0.1) is 6.61 Å². The van der Waals surface area contributed by atoms with E-state index in [4.69, 9.17) is 4.43 Å². The van der Waals surface area contributed by atoms with Crippen LogP contribution >= 0.6 is 0 Å². The number of rotatable bonds is 7. The van der Waals surface area contributed by atoms with Gasteiger partial charge in [0.15, 0.2) is 8.32 Å². The molecule has 1 fully saturated rings. The molecule has 1 aliphatic heterocycles. The quantitative estimate of drug-likeness (QED) is 0.727. The number of carboxylic acid groups (broad SMARTS) is 1. The second-order valence-corrected chi connectivity index (χ2v) is 12.9. The molecule has 1 heterocycles. The smallest absolute Gasteiger partial charge is 0.326 e. The SMILES string of the molecule is CC(C)[Si](OCC1(C(=O)O)CCCN1C)(C(C)C)C(C)C. The number of hydrogen-bond donors (Lipinski definition) is 1. The van der Waals surface area contributed by atoms with Gasteiger partial charge < -0.3 is 9.53 Å². The van der Waals surface area contributed by atoms with E-state index in [1.54, 1.807) is 0 Å². The highest BCUT2D eigenvalue weighted by Gasteiger charge is 2.51. The molecule has 0 amide bonds. The topological polar surface area (TPSA) is 49.8 Å². The zero-order chi connectivity index (χ0) is 16.4. The molecule has 0 aromatic rings. The molecule has 0 bridgehead atoms. The Balaban J connectivity index is 3.02. The maximum atomic E-state index is 11.9. The van der Waals surface area contributed by atoms with Crippen LogP contribution in [0.5, 0.6) is 0 Å². The molecule has 0 radical (unpaired) electrons. The molecule has 5 heteroatoms. The van der Waals surface area contributed by atoms with Crippen molar-refractivity contribution in [3.8, 4) is 0 Å². The highest BCUT2D eigenvalue weighted by molar-refractivity contribution is 6.77. The third-order valence-corrected chi connectivity index (χ3v) is 11.5. The zero-order valence-electron chi connectivity index (χ0n) is 14.8. The third kappa shape index (κ3) is 3.20. The molecule has 0 aliphatic carbocycles. The van der Waals surface area contributed by atoms with E-state index in [9.17, 15) is 9.90 Å². The highest BCUT2D eigenvalue weighted by atomic mass is 28.4. The van der Waals surface area contributed by atoms with Gasteiger partial charge in [-0.1, -0.05) is 41.5 Å². The summed E-state index contributed by atoms with van der Waals surface area (Å²) in [6, 6.07) is 0. The summed E-state index contributed by atoms with van der Waals surface area (Å²) < 4.78 is 6.55. The Hall–Kier alpha value is -0.393. The monoisotopic (exact) mass is 315 g/mol. The van der Waals surface area contributed by atoms with Crippen molar-refractivity contribution in [2.24, 2.45) is 0 Å². The fraction of sp³-hybridized carbons (Fsp3) is 0.938. The summed E-state index contributed by atoms with van der Waals surface area (Å²) in [6.07, 6.45) is 1.63. The summed E-state index contributed by atoms with van der Waals surface area (Å²) in [5.41, 5.74) is 0.622. The normalized spacial score (nSPS) is 24.5. The molecule has 1 atom stereocenters. The van der Waals surface area contributed by atoms with Crippen LogP contribution in [0, 0.1) is 0 Å². The summed E-state index contributed by atoms with van der Waals surface area (Å²) in [5.74, 6) is -0.735. The lowest BCUT2D eigenvalue weighted by molar-refractivity contribution is -0.151. The molecule has 0 spiro atoms. The summed E-state index contributed by atoms with van der Waals surface area (Å²) in [6.45, 7) is 14.6. The van der Waals surface area contributed by atoms with Gasteiger partial charge in [-0.3, -0.25) is 9.69 Å². The maximum Gasteiger partial charge on any atom is 0.326 e. The number of aliphatic carboxylic acids is 1. The minimum Gasteiger partial charge on any atom is -0.480 e. The van der Waals surface area contributed by atoms with E-state index in [1.165, 1.54) is 0 Å². The Morgan fingerprint density at radius 2 is 1.67 bits per heavy atom. The van der Waals surface area contributed by atoms with Gasteiger partial charge in [-0.05, 0) is 43.1 Å². The zero-order valence-corrected chi connectivity index (χ0v) is 15.8. The second-order valence-electron chi connectivity index (χ2n) is 7.47. The van der Waals surface area contributed by atoms with Crippen LogP contribution in [-0.2, 0) is 9.22 Å². The Bertz CT molecular complexity index is 349. The molecule has 1 N–H and O–H groups in total. The van der Waals surface area contributed by atoms with Gasteiger partial charge >= 0.3 is 5.97 Å². The molecule has 0 aromatic heterocycles. The summed E-state index contributed by atoms with van der Waals surface area (Å²) in [7, 11) is -0.0970. The number of carbonyl (C=O) groups is 1. The highest BCUT2D eigenvalue weighted by Crippen LogP contribution is 2.43. The van der Waals surface area contributed by atoms with E-state index < -0.39 is 19.8 Å². The van der Waals surface area contributed by atoms with Gasteiger partial charge in [-0.25, -0.2) is 0 Å². The minimum atomic E-state index is -2.01. The van der Waals surface area contributed by atoms with Gasteiger partial charge in [-0.2, -0.15) is 0 Å². The molecular formula is C16H33NO3Si. The van der Waals surface area contributed by atoms with Crippen LogP contribution in [0.3, 0.4) is 0 Å². The molecule has 1 saturated heterocycles. The lowest BCUT2D eigenvalue weighted by atomic mass is 9.98. The first-order chi connectivity index (χ1) is 9.61. The molecule has 124 valence electrons. The fourth-order valence-electron chi connectivity index (χ4n) is 4.27. The van der Waals surface area contributed by atoms with Crippen LogP contribution in [0.4, 0.5) is 0 Å². The van der Waals surface area contributed by atoms with Crippen LogP contribution in [0.2, 0.25) is 16.6 Å². The van der Waals surface area contributed by atoms with Gasteiger partial charge in [0, 0.05) is 0 Å². The molecule has 1 aliphatic rings. The predicted octanol–water partition coefficient (Wildman–Crippen LogP) is 3.73. The molecule has 4 nitrogen and oxygen atoms in total. The van der Waals surface area contributed by atoms with Crippen LogP contribution in [0.25, 0.3) is 0 Å². The Labute approximate surface area is 131 Å². The molecule has 1 rings (SSSR count). The van der Waals surface area contributed by atoms with Gasteiger partial charge in [0.1, 0.15) is 5.54 Å². The largest absolute Gasteiger partial charge is 0.480 e. The molecule has 0 saturated carbocycles. The summed E-state index contributed by atoms with van der Waals surface area (Å²) >= 11 is 0. The minimum absolute atomic E-state index is 0.333. The number of likely N-dealkylation sites (N-methyl/N-ethyl adjacent to an activating group) is 1. The maximum absolute atomic E-state index is 11.9. The summed E-state index contributed by atoms with van der Waals surface area (Å²) in [4.78, 5) is 13.8. The summed E-state index contributed by atoms with van der Waals surface area (Å²) in [5, 5.41) is 9.74. The standard InChI is InChI=1S/C16H33NO3Si/c1-12(2)21(13(3)4,14(5)6)20-11-16(15(18)19)9-8-10-17(16)7/h12-14H,8-11H2,1-7H3,(H,18,19). The van der Waals surface area contributed by atoms with Gasteiger partial charge in [0.25, 0.3) is 0 Å². The van der Waals surface area contributed by atoms with E-state index >= 15 is 0 Å². The number of likely N-dealkylation sites (tertiary alicyclic amines) is 1. The van der Waals surface area contributed by atoms with Crippen LogP contribution in [-0.4, -0.2) is 50.0 Å². The van der Waals surface area contributed by atoms with Crippen molar-refractivity contribution in [1.29, 1.82) is 0 Å².